The maximum absolute atomic E-state index is 11.9. The highest BCUT2D eigenvalue weighted by atomic mass is 79.9. The van der Waals surface area contributed by atoms with Crippen molar-refractivity contribution in [3.63, 3.8) is 0 Å². The van der Waals surface area contributed by atoms with Gasteiger partial charge in [-0.3, -0.25) is 4.79 Å². The van der Waals surface area contributed by atoms with E-state index in [1.807, 2.05) is 0 Å². The Morgan fingerprint density at radius 2 is 1.94 bits per heavy atom. The third-order valence-corrected chi connectivity index (χ3v) is 4.28. The van der Waals surface area contributed by atoms with E-state index in [1.54, 1.807) is 18.2 Å². The van der Waals surface area contributed by atoms with Crippen LogP contribution in [0.15, 0.2) is 35.2 Å². The van der Waals surface area contributed by atoms with Gasteiger partial charge >= 0.3 is 5.97 Å². The molecule has 7 heteroatoms. The lowest BCUT2D eigenvalue weighted by Gasteiger charge is -2.19. The molecule has 0 amide bonds. The van der Waals surface area contributed by atoms with Crippen LogP contribution in [-0.4, -0.2) is 32.4 Å². The van der Waals surface area contributed by atoms with Gasteiger partial charge in [-0.25, -0.2) is 13.1 Å². The third-order valence-electron chi connectivity index (χ3n) is 2.26. The van der Waals surface area contributed by atoms with Crippen molar-refractivity contribution in [1.29, 1.82) is 0 Å². The number of alkyl halides is 1. The molecule has 1 aromatic carbocycles. The van der Waals surface area contributed by atoms with Crippen molar-refractivity contribution in [2.24, 2.45) is 0 Å². The van der Waals surface area contributed by atoms with E-state index in [1.165, 1.54) is 26.2 Å². The number of methoxy groups -OCH3 is 1. The third kappa shape index (κ3) is 3.79. The fourth-order valence-corrected chi connectivity index (χ4v) is 2.85. The number of rotatable bonds is 5. The van der Waals surface area contributed by atoms with Crippen molar-refractivity contribution in [2.75, 3.05) is 13.7 Å². The zero-order valence-corrected chi connectivity index (χ0v) is 12.4. The standard InChI is InChI=1S/C11H14BrNO4S/c1-11(12,10(14)17-2)8-13-18(15,16)9-6-4-3-5-7-9/h3-7,13H,8H2,1-2H3. The van der Waals surface area contributed by atoms with Gasteiger partial charge in [0.05, 0.1) is 12.0 Å². The average molecular weight is 336 g/mol. The quantitative estimate of drug-likeness (QED) is 0.650. The SMILES string of the molecule is COC(=O)C(C)(Br)CNS(=O)(=O)c1ccccc1. The van der Waals surface area contributed by atoms with Gasteiger partial charge in [-0.1, -0.05) is 34.1 Å². The first-order valence-electron chi connectivity index (χ1n) is 5.11. The zero-order chi connectivity index (χ0) is 13.8. The van der Waals surface area contributed by atoms with Crippen LogP contribution in [0.25, 0.3) is 0 Å². The Balaban J connectivity index is 2.78. The minimum Gasteiger partial charge on any atom is -0.468 e. The molecule has 0 saturated carbocycles. The summed E-state index contributed by atoms with van der Waals surface area (Å²) in [7, 11) is -2.38. The lowest BCUT2D eigenvalue weighted by Crippen LogP contribution is -2.42. The molecule has 1 rings (SSSR count). The Labute approximate surface area is 115 Å². The molecular weight excluding hydrogens is 322 g/mol. The average Bonchev–Trinajstić information content (AvgIpc) is 2.36. The first-order chi connectivity index (χ1) is 8.29. The van der Waals surface area contributed by atoms with Crippen molar-refractivity contribution in [2.45, 2.75) is 16.1 Å². The maximum Gasteiger partial charge on any atom is 0.323 e. The van der Waals surface area contributed by atoms with E-state index in [2.05, 4.69) is 25.4 Å². The van der Waals surface area contributed by atoms with Crippen molar-refractivity contribution in [3.8, 4) is 0 Å². The van der Waals surface area contributed by atoms with Crippen molar-refractivity contribution in [1.82, 2.24) is 4.72 Å². The highest BCUT2D eigenvalue weighted by Gasteiger charge is 2.32. The van der Waals surface area contributed by atoms with Gasteiger partial charge in [-0.05, 0) is 19.1 Å². The van der Waals surface area contributed by atoms with E-state index in [-0.39, 0.29) is 11.4 Å². The highest BCUT2D eigenvalue weighted by Crippen LogP contribution is 2.19. The van der Waals surface area contributed by atoms with Gasteiger partial charge in [0, 0.05) is 6.54 Å². The Morgan fingerprint density at radius 1 is 1.39 bits per heavy atom. The second-order valence-corrected chi connectivity index (χ2v) is 7.34. The molecule has 0 aliphatic heterocycles. The van der Waals surface area contributed by atoms with Crippen molar-refractivity contribution in [3.05, 3.63) is 30.3 Å². The Morgan fingerprint density at radius 3 is 2.44 bits per heavy atom. The van der Waals surface area contributed by atoms with Crippen LogP contribution in [0.5, 0.6) is 0 Å². The summed E-state index contributed by atoms with van der Waals surface area (Å²) in [6.07, 6.45) is 0. The van der Waals surface area contributed by atoms with Crippen LogP contribution in [0.4, 0.5) is 0 Å². The number of ether oxygens (including phenoxy) is 1. The molecule has 0 aliphatic carbocycles. The monoisotopic (exact) mass is 335 g/mol. The highest BCUT2D eigenvalue weighted by molar-refractivity contribution is 9.10. The summed E-state index contributed by atoms with van der Waals surface area (Å²) < 4.78 is 29.6. The second-order valence-electron chi connectivity index (χ2n) is 3.83. The van der Waals surface area contributed by atoms with Crippen LogP contribution < -0.4 is 4.72 Å². The van der Waals surface area contributed by atoms with E-state index in [0.29, 0.717) is 0 Å². The number of hydrogen-bond donors (Lipinski definition) is 1. The van der Waals surface area contributed by atoms with Gasteiger partial charge in [0.1, 0.15) is 4.32 Å². The van der Waals surface area contributed by atoms with Crippen LogP contribution in [0.1, 0.15) is 6.92 Å². The summed E-state index contributed by atoms with van der Waals surface area (Å²) in [5, 5.41) is 0. The molecule has 0 saturated heterocycles. The number of benzene rings is 1. The Hall–Kier alpha value is -0.920. The molecule has 5 nitrogen and oxygen atoms in total. The predicted octanol–water partition coefficient (Wildman–Crippen LogP) is 1.29. The summed E-state index contributed by atoms with van der Waals surface area (Å²) in [4.78, 5) is 11.5. The lowest BCUT2D eigenvalue weighted by molar-refractivity contribution is -0.142. The maximum atomic E-state index is 11.9. The molecule has 0 spiro atoms. The van der Waals surface area contributed by atoms with Crippen LogP contribution in [0.3, 0.4) is 0 Å². The summed E-state index contributed by atoms with van der Waals surface area (Å²) in [6.45, 7) is 1.43. The van der Waals surface area contributed by atoms with E-state index in [4.69, 9.17) is 0 Å². The smallest absolute Gasteiger partial charge is 0.323 e. The van der Waals surface area contributed by atoms with E-state index >= 15 is 0 Å². The van der Waals surface area contributed by atoms with Gasteiger partial charge in [0.25, 0.3) is 0 Å². The van der Waals surface area contributed by atoms with Crippen molar-refractivity contribution < 1.29 is 17.9 Å². The predicted molar refractivity (Wildman–Crippen MR) is 71.0 cm³/mol. The van der Waals surface area contributed by atoms with E-state index in [0.717, 1.165) is 0 Å². The first-order valence-corrected chi connectivity index (χ1v) is 7.39. The number of nitrogens with one attached hydrogen (secondary N) is 1. The molecule has 1 unspecified atom stereocenters. The molecule has 0 aliphatic rings. The summed E-state index contributed by atoms with van der Waals surface area (Å²) in [5.74, 6) is -0.543. The number of halogens is 1. The molecular formula is C11H14BrNO4S. The number of sulfonamides is 1. The molecule has 18 heavy (non-hydrogen) atoms. The molecule has 0 heterocycles. The fraction of sp³-hybridized carbons (Fsp3) is 0.364. The van der Waals surface area contributed by atoms with Gasteiger partial charge in [0.2, 0.25) is 10.0 Å². The minimum absolute atomic E-state index is 0.100. The zero-order valence-electron chi connectivity index (χ0n) is 10.0. The van der Waals surface area contributed by atoms with Crippen LogP contribution in [0, 0.1) is 0 Å². The summed E-state index contributed by atoms with van der Waals surface area (Å²) in [5.41, 5.74) is 0. The molecule has 1 aromatic rings. The molecule has 0 fully saturated rings. The molecule has 1 atom stereocenters. The fourth-order valence-electron chi connectivity index (χ4n) is 1.20. The Kier molecular flexibility index (Phi) is 4.89. The van der Waals surface area contributed by atoms with E-state index in [9.17, 15) is 13.2 Å². The van der Waals surface area contributed by atoms with E-state index < -0.39 is 20.3 Å². The largest absolute Gasteiger partial charge is 0.468 e. The molecule has 100 valence electrons. The lowest BCUT2D eigenvalue weighted by atomic mass is 10.2. The number of esters is 1. The summed E-state index contributed by atoms with van der Waals surface area (Å²) >= 11 is 3.13. The second kappa shape index (κ2) is 5.81. The molecule has 0 bridgehead atoms. The topological polar surface area (TPSA) is 72.5 Å². The first kappa shape index (κ1) is 15.1. The molecule has 0 aromatic heterocycles. The number of carbonyl (C=O) groups is 1. The van der Waals surface area contributed by atoms with Crippen molar-refractivity contribution >= 4 is 31.9 Å². The van der Waals surface area contributed by atoms with Gasteiger partial charge < -0.3 is 4.74 Å². The molecule has 1 N–H and O–H groups in total. The minimum atomic E-state index is -3.62. The summed E-state index contributed by atoms with van der Waals surface area (Å²) in [6, 6.07) is 7.94. The van der Waals surface area contributed by atoms with Crippen LogP contribution >= 0.6 is 15.9 Å². The van der Waals surface area contributed by atoms with Gasteiger partial charge in [-0.15, -0.1) is 0 Å². The number of carbonyl (C=O) groups excluding carboxylic acids is 1. The number of hydrogen-bond acceptors (Lipinski definition) is 4. The normalized spacial score (nSPS) is 14.8. The van der Waals surface area contributed by atoms with Gasteiger partial charge in [0.15, 0.2) is 0 Å². The Bertz CT molecular complexity index is 513. The van der Waals surface area contributed by atoms with Gasteiger partial charge in [-0.2, -0.15) is 0 Å². The van der Waals surface area contributed by atoms with Crippen LogP contribution in [0.2, 0.25) is 0 Å². The molecule has 0 radical (unpaired) electrons. The van der Waals surface area contributed by atoms with Crippen LogP contribution in [-0.2, 0) is 19.6 Å².